The normalized spacial score (nSPS) is 37.0. The fourth-order valence-electron chi connectivity index (χ4n) is 1.18. The quantitative estimate of drug-likeness (QED) is 0.522. The highest BCUT2D eigenvalue weighted by Gasteiger charge is 2.24. The van der Waals surface area contributed by atoms with Crippen molar-refractivity contribution in [1.82, 2.24) is 0 Å². The summed E-state index contributed by atoms with van der Waals surface area (Å²) in [5.74, 6) is 0. The summed E-state index contributed by atoms with van der Waals surface area (Å²) >= 11 is 0. The average molecular weight is 148 g/mol. The zero-order valence-corrected chi connectivity index (χ0v) is 6.11. The molecule has 0 saturated heterocycles. The third-order valence-electron chi connectivity index (χ3n) is 1.78. The van der Waals surface area contributed by atoms with E-state index in [1.54, 1.807) is 0 Å². The van der Waals surface area contributed by atoms with Gasteiger partial charge in [0.1, 0.15) is 6.17 Å². The molecule has 1 saturated carbocycles. The smallest absolute Gasteiger partial charge is 0.161 e. The molecule has 1 nitrogen and oxygen atoms in total. The van der Waals surface area contributed by atoms with Crippen molar-refractivity contribution in [2.45, 2.75) is 37.5 Å². The van der Waals surface area contributed by atoms with E-state index in [4.69, 9.17) is 0 Å². The third kappa shape index (κ3) is 1.72. The van der Waals surface area contributed by atoms with Crippen molar-refractivity contribution in [2.24, 2.45) is 0 Å². The summed E-state index contributed by atoms with van der Waals surface area (Å²) in [5, 5.41) is 0. The van der Waals surface area contributed by atoms with Crippen molar-refractivity contribution in [3.05, 3.63) is 0 Å². The molecule has 3 heteroatoms. The molecule has 0 aromatic rings. The van der Waals surface area contributed by atoms with Crippen molar-refractivity contribution in [3.63, 3.8) is 0 Å². The minimum absolute atomic E-state index is 0.00443. The van der Waals surface area contributed by atoms with Crippen molar-refractivity contribution in [3.8, 4) is 0 Å². The van der Waals surface area contributed by atoms with Gasteiger partial charge in [-0.25, -0.2) is 4.39 Å². The first-order valence-electron chi connectivity index (χ1n) is 3.31. The van der Waals surface area contributed by atoms with Gasteiger partial charge in [0, 0.05) is 0 Å². The maximum Gasteiger partial charge on any atom is 0.161 e. The molecular weight excluding hydrogens is 138 g/mol. The number of rotatable bonds is 1. The summed E-state index contributed by atoms with van der Waals surface area (Å²) in [7, 11) is -0.00443. The van der Waals surface area contributed by atoms with Crippen LogP contribution in [0.15, 0.2) is 0 Å². The Labute approximate surface area is 55.8 Å². The molecule has 2 atom stereocenters. The standard InChI is InChI=1S/C6H10FOP/c7-5-3-1-2-4-6(5)9-8/h5-6H,1-4H2. The summed E-state index contributed by atoms with van der Waals surface area (Å²) in [4.78, 5) is 0. The Kier molecular flexibility index (Phi) is 2.59. The molecule has 1 aliphatic rings. The van der Waals surface area contributed by atoms with Crippen LogP contribution in [-0.4, -0.2) is 11.8 Å². The van der Waals surface area contributed by atoms with Crippen molar-refractivity contribution < 1.29 is 8.96 Å². The van der Waals surface area contributed by atoms with Crippen molar-refractivity contribution in [2.75, 3.05) is 0 Å². The van der Waals surface area contributed by atoms with Gasteiger partial charge < -0.3 is 0 Å². The molecule has 0 N–H and O–H groups in total. The van der Waals surface area contributed by atoms with Crippen LogP contribution in [0, 0.1) is 0 Å². The highest BCUT2D eigenvalue weighted by atomic mass is 31.1. The van der Waals surface area contributed by atoms with Crippen LogP contribution in [0.3, 0.4) is 0 Å². The Morgan fingerprint density at radius 2 is 2.00 bits per heavy atom. The van der Waals surface area contributed by atoms with E-state index >= 15 is 0 Å². The van der Waals surface area contributed by atoms with E-state index in [9.17, 15) is 8.96 Å². The van der Waals surface area contributed by atoms with Gasteiger partial charge >= 0.3 is 0 Å². The topological polar surface area (TPSA) is 17.1 Å². The summed E-state index contributed by atoms with van der Waals surface area (Å²) in [6.45, 7) is 0. The Hall–Kier alpha value is 0.0300. The first kappa shape index (κ1) is 7.14. The fraction of sp³-hybridized carbons (Fsp3) is 1.00. The lowest BCUT2D eigenvalue weighted by Gasteiger charge is -2.19. The van der Waals surface area contributed by atoms with E-state index in [0.29, 0.717) is 6.42 Å². The average Bonchev–Trinajstić information content (AvgIpc) is 1.89. The first-order chi connectivity index (χ1) is 4.34. The highest BCUT2D eigenvalue weighted by molar-refractivity contribution is 7.24. The minimum atomic E-state index is -0.807. The van der Waals surface area contributed by atoms with E-state index in [2.05, 4.69) is 0 Å². The van der Waals surface area contributed by atoms with Gasteiger partial charge in [0.15, 0.2) is 8.46 Å². The Morgan fingerprint density at radius 1 is 1.33 bits per heavy atom. The summed E-state index contributed by atoms with van der Waals surface area (Å²) in [6, 6.07) is 0. The predicted octanol–water partition coefficient (Wildman–Crippen LogP) is 2.56. The number of halogens is 1. The lowest BCUT2D eigenvalue weighted by molar-refractivity contribution is 0.256. The molecule has 0 aromatic carbocycles. The Bertz CT molecular complexity index is 107. The molecule has 2 unspecified atom stereocenters. The van der Waals surface area contributed by atoms with Gasteiger partial charge in [-0.3, -0.25) is 4.57 Å². The Morgan fingerprint density at radius 3 is 2.44 bits per heavy atom. The van der Waals surface area contributed by atoms with Crippen LogP contribution in [-0.2, 0) is 4.57 Å². The van der Waals surface area contributed by atoms with Crippen molar-refractivity contribution >= 4 is 8.46 Å². The van der Waals surface area contributed by atoms with Gasteiger partial charge in [0.05, 0.1) is 5.66 Å². The van der Waals surface area contributed by atoms with Crippen LogP contribution in [0.2, 0.25) is 0 Å². The van der Waals surface area contributed by atoms with Crippen LogP contribution in [0.25, 0.3) is 0 Å². The summed E-state index contributed by atoms with van der Waals surface area (Å²) in [6.07, 6.45) is 2.61. The van der Waals surface area contributed by atoms with Crippen LogP contribution in [0.5, 0.6) is 0 Å². The molecule has 1 aliphatic carbocycles. The predicted molar refractivity (Wildman–Crippen MR) is 34.8 cm³/mol. The molecule has 0 aromatic heterocycles. The van der Waals surface area contributed by atoms with Gasteiger partial charge in [-0.15, -0.1) is 0 Å². The Balaban J connectivity index is 2.38. The SMILES string of the molecule is O=PC1CCCCC1F. The summed E-state index contributed by atoms with van der Waals surface area (Å²) in [5.41, 5.74) is -0.196. The number of hydrogen-bond donors (Lipinski definition) is 0. The molecule has 1 fully saturated rings. The largest absolute Gasteiger partial charge is 0.275 e. The fourth-order valence-corrected chi connectivity index (χ4v) is 1.75. The van der Waals surface area contributed by atoms with Gasteiger partial charge in [-0.2, -0.15) is 0 Å². The van der Waals surface area contributed by atoms with Crippen LogP contribution in [0.4, 0.5) is 4.39 Å². The second kappa shape index (κ2) is 3.26. The van der Waals surface area contributed by atoms with Crippen molar-refractivity contribution in [1.29, 1.82) is 0 Å². The molecule has 0 aliphatic heterocycles. The minimum Gasteiger partial charge on any atom is -0.275 e. The molecule has 52 valence electrons. The van der Waals surface area contributed by atoms with Gasteiger partial charge in [-0.1, -0.05) is 12.8 Å². The van der Waals surface area contributed by atoms with E-state index in [1.807, 2.05) is 0 Å². The van der Waals surface area contributed by atoms with Gasteiger partial charge in [-0.05, 0) is 12.8 Å². The van der Waals surface area contributed by atoms with Gasteiger partial charge in [0.2, 0.25) is 0 Å². The lowest BCUT2D eigenvalue weighted by Crippen LogP contribution is -2.20. The first-order valence-corrected chi connectivity index (χ1v) is 4.19. The molecule has 0 amide bonds. The highest BCUT2D eigenvalue weighted by Crippen LogP contribution is 2.29. The van der Waals surface area contributed by atoms with E-state index in [0.717, 1.165) is 19.3 Å². The molecule has 1 rings (SSSR count). The second-order valence-electron chi connectivity index (χ2n) is 2.47. The lowest BCUT2D eigenvalue weighted by atomic mass is 9.98. The zero-order chi connectivity index (χ0) is 6.69. The number of alkyl halides is 1. The van der Waals surface area contributed by atoms with E-state index in [1.165, 1.54) is 0 Å². The molecular formula is C6H10FOP. The monoisotopic (exact) mass is 148 g/mol. The van der Waals surface area contributed by atoms with Gasteiger partial charge in [0.25, 0.3) is 0 Å². The number of hydrogen-bond acceptors (Lipinski definition) is 1. The van der Waals surface area contributed by atoms with Crippen LogP contribution < -0.4 is 0 Å². The zero-order valence-electron chi connectivity index (χ0n) is 5.22. The third-order valence-corrected chi connectivity index (χ3v) is 2.64. The molecule has 9 heavy (non-hydrogen) atoms. The van der Waals surface area contributed by atoms with E-state index < -0.39 is 6.17 Å². The molecule has 0 spiro atoms. The van der Waals surface area contributed by atoms with Crippen LogP contribution >= 0.6 is 8.46 Å². The summed E-state index contributed by atoms with van der Waals surface area (Å²) < 4.78 is 22.9. The second-order valence-corrected chi connectivity index (χ2v) is 3.35. The maximum atomic E-state index is 12.6. The van der Waals surface area contributed by atoms with E-state index in [-0.39, 0.29) is 14.1 Å². The molecule has 0 radical (unpaired) electrons. The maximum absolute atomic E-state index is 12.6. The molecule has 0 heterocycles. The molecule has 0 bridgehead atoms. The van der Waals surface area contributed by atoms with Crippen LogP contribution in [0.1, 0.15) is 25.7 Å².